The molecule has 2 amide bonds. The van der Waals surface area contributed by atoms with Crippen molar-refractivity contribution in [1.82, 2.24) is 4.90 Å². The molecule has 0 bridgehead atoms. The van der Waals surface area contributed by atoms with Crippen LogP contribution in [0, 0.1) is 11.8 Å². The van der Waals surface area contributed by atoms with Gasteiger partial charge in [-0.3, -0.25) is 14.5 Å². The van der Waals surface area contributed by atoms with Gasteiger partial charge in [0.05, 0.1) is 17.4 Å². The summed E-state index contributed by atoms with van der Waals surface area (Å²) in [4.78, 5) is 25.7. The molecule has 4 nitrogen and oxygen atoms in total. The standard InChI is InChI=1S/C12H18N2O2/c1-12(2,7-13)14-10(15)8-5-3-4-6-9(8)11(14)16/h3-4,8-9H,5-7,13H2,1-2H3/t8-,9+. The summed E-state index contributed by atoms with van der Waals surface area (Å²) in [5, 5.41) is 0. The number of fused-ring (bicyclic) bond motifs is 1. The average molecular weight is 222 g/mol. The highest BCUT2D eigenvalue weighted by Crippen LogP contribution is 2.38. The number of hydrogen-bond donors (Lipinski definition) is 1. The van der Waals surface area contributed by atoms with Gasteiger partial charge in [0.2, 0.25) is 11.8 Å². The number of nitrogens with two attached hydrogens (primary N) is 1. The van der Waals surface area contributed by atoms with Crippen LogP contribution in [0.25, 0.3) is 0 Å². The maximum atomic E-state index is 12.2. The van der Waals surface area contributed by atoms with E-state index in [0.29, 0.717) is 19.4 Å². The van der Waals surface area contributed by atoms with Gasteiger partial charge in [-0.15, -0.1) is 0 Å². The third-order valence-electron chi connectivity index (χ3n) is 3.61. The highest BCUT2D eigenvalue weighted by molar-refractivity contribution is 6.06. The fourth-order valence-electron chi connectivity index (χ4n) is 2.49. The van der Waals surface area contributed by atoms with Gasteiger partial charge in [-0.05, 0) is 26.7 Å². The number of amides is 2. The van der Waals surface area contributed by atoms with E-state index >= 15 is 0 Å². The summed E-state index contributed by atoms with van der Waals surface area (Å²) < 4.78 is 0. The van der Waals surface area contributed by atoms with E-state index < -0.39 is 5.54 Å². The molecule has 0 saturated carbocycles. The second-order valence-electron chi connectivity index (χ2n) is 5.18. The number of imide groups is 1. The first kappa shape index (κ1) is 11.3. The van der Waals surface area contributed by atoms with Crippen molar-refractivity contribution in [2.45, 2.75) is 32.2 Å². The normalized spacial score (nSPS) is 29.8. The lowest BCUT2D eigenvalue weighted by Gasteiger charge is -2.33. The zero-order valence-corrected chi connectivity index (χ0v) is 9.77. The summed E-state index contributed by atoms with van der Waals surface area (Å²) in [5.41, 5.74) is 5.07. The summed E-state index contributed by atoms with van der Waals surface area (Å²) in [6.07, 6.45) is 5.36. The molecular formula is C12H18N2O2. The van der Waals surface area contributed by atoms with Crippen molar-refractivity contribution in [1.29, 1.82) is 0 Å². The smallest absolute Gasteiger partial charge is 0.233 e. The Morgan fingerprint density at radius 1 is 1.25 bits per heavy atom. The van der Waals surface area contributed by atoms with Gasteiger partial charge in [0, 0.05) is 6.54 Å². The Bertz CT molecular complexity index is 334. The van der Waals surface area contributed by atoms with Crippen molar-refractivity contribution in [3.8, 4) is 0 Å². The molecule has 2 N–H and O–H groups in total. The predicted molar refractivity (Wildman–Crippen MR) is 60.3 cm³/mol. The highest BCUT2D eigenvalue weighted by atomic mass is 16.2. The van der Waals surface area contributed by atoms with Crippen molar-refractivity contribution >= 4 is 11.8 Å². The van der Waals surface area contributed by atoms with E-state index in [0.717, 1.165) is 0 Å². The Morgan fingerprint density at radius 3 is 2.06 bits per heavy atom. The summed E-state index contributed by atoms with van der Waals surface area (Å²) in [6, 6.07) is 0. The van der Waals surface area contributed by atoms with Crippen LogP contribution in [-0.4, -0.2) is 28.8 Å². The van der Waals surface area contributed by atoms with Gasteiger partial charge in [-0.25, -0.2) is 0 Å². The summed E-state index contributed by atoms with van der Waals surface area (Å²) in [7, 11) is 0. The van der Waals surface area contributed by atoms with Crippen molar-refractivity contribution in [2.24, 2.45) is 17.6 Å². The lowest BCUT2D eigenvalue weighted by Crippen LogP contribution is -2.52. The molecular weight excluding hydrogens is 204 g/mol. The van der Waals surface area contributed by atoms with E-state index in [1.165, 1.54) is 4.90 Å². The van der Waals surface area contributed by atoms with Gasteiger partial charge in [0.25, 0.3) is 0 Å². The number of rotatable bonds is 2. The lowest BCUT2D eigenvalue weighted by molar-refractivity contribution is -0.145. The first-order chi connectivity index (χ1) is 7.49. The van der Waals surface area contributed by atoms with Crippen LogP contribution in [0.1, 0.15) is 26.7 Å². The van der Waals surface area contributed by atoms with Crippen LogP contribution in [0.2, 0.25) is 0 Å². The molecule has 0 radical (unpaired) electrons. The van der Waals surface area contributed by atoms with Crippen LogP contribution < -0.4 is 5.73 Å². The second-order valence-corrected chi connectivity index (χ2v) is 5.18. The van der Waals surface area contributed by atoms with E-state index in [4.69, 9.17) is 5.73 Å². The predicted octanol–water partition coefficient (Wildman–Crippen LogP) is 0.675. The summed E-state index contributed by atoms with van der Waals surface area (Å²) in [5.74, 6) is -0.392. The van der Waals surface area contributed by atoms with Crippen LogP contribution in [0.3, 0.4) is 0 Å². The molecule has 1 aliphatic carbocycles. The lowest BCUT2D eigenvalue weighted by atomic mass is 9.85. The average Bonchev–Trinajstić information content (AvgIpc) is 2.53. The number of carbonyl (C=O) groups excluding carboxylic acids is 2. The molecule has 16 heavy (non-hydrogen) atoms. The minimum Gasteiger partial charge on any atom is -0.328 e. The van der Waals surface area contributed by atoms with E-state index in [-0.39, 0.29) is 23.7 Å². The molecule has 2 atom stereocenters. The summed E-state index contributed by atoms with van der Waals surface area (Å²) in [6.45, 7) is 3.98. The maximum Gasteiger partial charge on any atom is 0.233 e. The van der Waals surface area contributed by atoms with Crippen molar-refractivity contribution in [3.05, 3.63) is 12.2 Å². The SMILES string of the molecule is CC(C)(CN)N1C(=O)[C@H]2CC=CC[C@H]2C1=O. The zero-order chi connectivity index (χ0) is 11.9. The third-order valence-corrected chi connectivity index (χ3v) is 3.61. The van der Waals surface area contributed by atoms with E-state index in [1.807, 2.05) is 26.0 Å². The molecule has 0 spiro atoms. The molecule has 0 unspecified atom stereocenters. The molecule has 4 heteroatoms. The van der Waals surface area contributed by atoms with Gasteiger partial charge < -0.3 is 5.73 Å². The second kappa shape index (κ2) is 3.70. The van der Waals surface area contributed by atoms with Crippen LogP contribution in [0.5, 0.6) is 0 Å². The molecule has 2 aliphatic rings. The Labute approximate surface area is 95.5 Å². The van der Waals surface area contributed by atoms with Crippen molar-refractivity contribution < 1.29 is 9.59 Å². The first-order valence-electron chi connectivity index (χ1n) is 5.72. The summed E-state index contributed by atoms with van der Waals surface area (Å²) >= 11 is 0. The molecule has 88 valence electrons. The number of carbonyl (C=O) groups is 2. The Balaban J connectivity index is 2.31. The molecule has 1 aliphatic heterocycles. The zero-order valence-electron chi connectivity index (χ0n) is 9.77. The van der Waals surface area contributed by atoms with Crippen LogP contribution in [-0.2, 0) is 9.59 Å². The molecule has 0 aromatic carbocycles. The minimum absolute atomic E-state index is 0.0465. The fraction of sp³-hybridized carbons (Fsp3) is 0.667. The quantitative estimate of drug-likeness (QED) is 0.552. The molecule has 0 aromatic rings. The largest absolute Gasteiger partial charge is 0.328 e. The Hall–Kier alpha value is -1.16. The monoisotopic (exact) mass is 222 g/mol. The topological polar surface area (TPSA) is 63.4 Å². The van der Waals surface area contributed by atoms with Gasteiger partial charge in [0.15, 0.2) is 0 Å². The van der Waals surface area contributed by atoms with E-state index in [9.17, 15) is 9.59 Å². The Morgan fingerprint density at radius 2 is 1.69 bits per heavy atom. The van der Waals surface area contributed by atoms with Gasteiger partial charge >= 0.3 is 0 Å². The Kier molecular flexibility index (Phi) is 2.62. The van der Waals surface area contributed by atoms with Crippen molar-refractivity contribution in [2.75, 3.05) is 6.54 Å². The van der Waals surface area contributed by atoms with Gasteiger partial charge in [0.1, 0.15) is 0 Å². The van der Waals surface area contributed by atoms with Gasteiger partial charge in [-0.2, -0.15) is 0 Å². The fourth-order valence-corrected chi connectivity index (χ4v) is 2.49. The van der Waals surface area contributed by atoms with Crippen LogP contribution >= 0.6 is 0 Å². The third kappa shape index (κ3) is 1.48. The van der Waals surface area contributed by atoms with E-state index in [1.54, 1.807) is 0 Å². The van der Waals surface area contributed by atoms with Crippen molar-refractivity contribution in [3.63, 3.8) is 0 Å². The molecule has 0 aromatic heterocycles. The first-order valence-corrected chi connectivity index (χ1v) is 5.72. The number of nitrogens with zero attached hydrogens (tertiary/aromatic N) is 1. The molecule has 1 heterocycles. The maximum absolute atomic E-state index is 12.2. The number of allylic oxidation sites excluding steroid dienone is 2. The number of hydrogen-bond acceptors (Lipinski definition) is 3. The van der Waals surface area contributed by atoms with E-state index in [2.05, 4.69) is 0 Å². The number of likely N-dealkylation sites (tertiary alicyclic amines) is 1. The molecule has 1 fully saturated rings. The van der Waals surface area contributed by atoms with Gasteiger partial charge in [-0.1, -0.05) is 12.2 Å². The molecule has 1 saturated heterocycles. The van der Waals surface area contributed by atoms with Crippen LogP contribution in [0.4, 0.5) is 0 Å². The molecule has 2 rings (SSSR count). The minimum atomic E-state index is -0.564. The highest BCUT2D eigenvalue weighted by Gasteiger charge is 2.51. The van der Waals surface area contributed by atoms with Crippen LogP contribution in [0.15, 0.2) is 12.2 Å².